The number of rotatable bonds is 18. The van der Waals surface area contributed by atoms with Crippen molar-refractivity contribution in [3.8, 4) is 0 Å². The third-order valence-corrected chi connectivity index (χ3v) is 6.26. The van der Waals surface area contributed by atoms with Crippen LogP contribution in [0.25, 0.3) is 0 Å². The van der Waals surface area contributed by atoms with Gasteiger partial charge in [0.1, 0.15) is 0 Å². The van der Waals surface area contributed by atoms with E-state index in [4.69, 9.17) is 0 Å². The Kier molecular flexibility index (Phi) is 14.9. The van der Waals surface area contributed by atoms with Gasteiger partial charge in [-0.3, -0.25) is 14.5 Å². The Hall–Kier alpha value is -1.12. The minimum Gasteiger partial charge on any atom is -0.275 e. The molecule has 168 valence electrons. The fraction of sp³-hybridized carbons (Fsp3) is 0.846. The molecule has 0 N–H and O–H groups in total. The molecule has 29 heavy (non-hydrogen) atoms. The predicted molar refractivity (Wildman–Crippen MR) is 124 cm³/mol. The second-order valence-corrected chi connectivity index (χ2v) is 8.94. The molecule has 0 aromatic carbocycles. The van der Waals surface area contributed by atoms with Gasteiger partial charge in [-0.2, -0.15) is 0 Å². The lowest BCUT2D eigenvalue weighted by Crippen LogP contribution is -2.40. The summed E-state index contributed by atoms with van der Waals surface area (Å²) in [6.45, 7) is 6.50. The average Bonchev–Trinajstić information content (AvgIpc) is 3.04. The molecule has 0 saturated carbocycles. The first-order valence-electron chi connectivity index (χ1n) is 12.6. The highest BCUT2D eigenvalue weighted by molar-refractivity contribution is 6.02. The largest absolute Gasteiger partial charge is 0.275 e. The van der Waals surface area contributed by atoms with Gasteiger partial charge in [0.2, 0.25) is 11.8 Å². The van der Waals surface area contributed by atoms with Gasteiger partial charge < -0.3 is 0 Å². The molecule has 1 unspecified atom stereocenters. The summed E-state index contributed by atoms with van der Waals surface area (Å²) in [7, 11) is 0. The summed E-state index contributed by atoms with van der Waals surface area (Å²) in [5.41, 5.74) is 1.20. The molecular weight excluding hydrogens is 358 g/mol. The van der Waals surface area contributed by atoms with E-state index in [1.54, 1.807) is 4.90 Å². The van der Waals surface area contributed by atoms with Crippen LogP contribution in [0.5, 0.6) is 0 Å². The molecule has 3 heteroatoms. The Morgan fingerprint density at radius 3 is 1.66 bits per heavy atom. The first-order chi connectivity index (χ1) is 14.1. The van der Waals surface area contributed by atoms with Gasteiger partial charge in [0.05, 0.1) is 6.04 Å². The van der Waals surface area contributed by atoms with Crippen LogP contribution >= 0.6 is 0 Å². The first kappa shape index (κ1) is 25.9. The van der Waals surface area contributed by atoms with Crippen molar-refractivity contribution < 1.29 is 9.59 Å². The lowest BCUT2D eigenvalue weighted by atomic mass is 9.99. The van der Waals surface area contributed by atoms with Crippen molar-refractivity contribution in [3.05, 3.63) is 11.6 Å². The van der Waals surface area contributed by atoms with Crippen molar-refractivity contribution in [1.29, 1.82) is 0 Å². The summed E-state index contributed by atoms with van der Waals surface area (Å²) in [6.07, 6.45) is 23.9. The summed E-state index contributed by atoms with van der Waals surface area (Å²) >= 11 is 0. The molecule has 0 radical (unpaired) electrons. The molecule has 1 heterocycles. The predicted octanol–water partition coefficient (Wildman–Crippen LogP) is 7.73. The van der Waals surface area contributed by atoms with E-state index in [1.165, 1.54) is 89.0 Å². The molecule has 1 atom stereocenters. The third kappa shape index (κ3) is 11.0. The highest BCUT2D eigenvalue weighted by Gasteiger charge is 2.34. The number of carbonyl (C=O) groups excluding carboxylic acids is 2. The Morgan fingerprint density at radius 1 is 0.759 bits per heavy atom. The topological polar surface area (TPSA) is 37.4 Å². The summed E-state index contributed by atoms with van der Waals surface area (Å²) < 4.78 is 0. The van der Waals surface area contributed by atoms with Crippen LogP contribution in [0.3, 0.4) is 0 Å². The van der Waals surface area contributed by atoms with E-state index in [0.29, 0.717) is 12.8 Å². The third-order valence-electron chi connectivity index (χ3n) is 6.26. The van der Waals surface area contributed by atoms with Crippen LogP contribution < -0.4 is 0 Å². The lowest BCUT2D eigenvalue weighted by molar-refractivity contribution is -0.140. The normalized spacial score (nSPS) is 16.1. The number of hydrogen-bond acceptors (Lipinski definition) is 2. The summed E-state index contributed by atoms with van der Waals surface area (Å²) in [5, 5.41) is 0. The molecule has 2 amide bonds. The second kappa shape index (κ2) is 16.7. The number of imide groups is 1. The van der Waals surface area contributed by atoms with Gasteiger partial charge in [-0.1, -0.05) is 109 Å². The SMILES string of the molecule is CCCCCCCCCCCCCCC/C=C(\C)C(CCC)N1C(=O)CCC1=O. The van der Waals surface area contributed by atoms with Gasteiger partial charge in [-0.25, -0.2) is 0 Å². The van der Waals surface area contributed by atoms with E-state index in [2.05, 4.69) is 26.8 Å². The Morgan fingerprint density at radius 2 is 1.21 bits per heavy atom. The van der Waals surface area contributed by atoms with Gasteiger partial charge >= 0.3 is 0 Å². The van der Waals surface area contributed by atoms with Gasteiger partial charge in [-0.15, -0.1) is 0 Å². The summed E-state index contributed by atoms with van der Waals surface area (Å²) in [6, 6.07) is -0.00975. The number of nitrogens with zero attached hydrogens (tertiary/aromatic N) is 1. The van der Waals surface area contributed by atoms with E-state index < -0.39 is 0 Å². The van der Waals surface area contributed by atoms with Crippen molar-refractivity contribution in [2.75, 3.05) is 0 Å². The first-order valence-corrected chi connectivity index (χ1v) is 12.6. The molecule has 1 aliphatic heterocycles. The zero-order valence-corrected chi connectivity index (χ0v) is 19.6. The molecule has 1 rings (SSSR count). The van der Waals surface area contributed by atoms with Crippen LogP contribution in [0.2, 0.25) is 0 Å². The standard InChI is InChI=1S/C26H47NO2/c1-4-6-7-8-9-10-11-12-13-14-15-16-17-18-20-23(3)24(19-5-2)27-25(28)21-22-26(27)29/h20,24H,4-19,21-22H2,1-3H3/b23-20+. The van der Waals surface area contributed by atoms with Crippen molar-refractivity contribution in [2.24, 2.45) is 0 Å². The van der Waals surface area contributed by atoms with E-state index >= 15 is 0 Å². The number of unbranched alkanes of at least 4 members (excludes halogenated alkanes) is 13. The molecule has 1 fully saturated rings. The quantitative estimate of drug-likeness (QED) is 0.133. The monoisotopic (exact) mass is 405 g/mol. The van der Waals surface area contributed by atoms with Crippen LogP contribution in [-0.4, -0.2) is 22.8 Å². The van der Waals surface area contributed by atoms with Crippen LogP contribution in [0.1, 0.15) is 136 Å². The van der Waals surface area contributed by atoms with E-state index in [9.17, 15) is 9.59 Å². The lowest BCUT2D eigenvalue weighted by Gasteiger charge is -2.27. The van der Waals surface area contributed by atoms with Gasteiger partial charge in [0.15, 0.2) is 0 Å². The molecule has 3 nitrogen and oxygen atoms in total. The number of amides is 2. The molecule has 0 bridgehead atoms. The molecule has 0 aromatic rings. The Labute approximate surface area is 180 Å². The number of carbonyl (C=O) groups is 2. The minimum absolute atomic E-state index is 0.00975. The van der Waals surface area contributed by atoms with Crippen molar-refractivity contribution in [1.82, 2.24) is 4.90 Å². The van der Waals surface area contributed by atoms with Crippen molar-refractivity contribution in [2.45, 2.75) is 142 Å². The molecule has 0 aromatic heterocycles. The molecule has 0 aliphatic carbocycles. The van der Waals surface area contributed by atoms with Crippen LogP contribution in [-0.2, 0) is 9.59 Å². The fourth-order valence-electron chi connectivity index (χ4n) is 4.40. The zero-order chi connectivity index (χ0) is 21.3. The minimum atomic E-state index is -0.00975. The molecular formula is C26H47NO2. The summed E-state index contributed by atoms with van der Waals surface area (Å²) in [5.74, 6) is 0.0318. The Balaban J connectivity index is 2.09. The molecule has 1 saturated heterocycles. The average molecular weight is 406 g/mol. The van der Waals surface area contributed by atoms with E-state index in [-0.39, 0.29) is 17.9 Å². The highest BCUT2D eigenvalue weighted by atomic mass is 16.2. The van der Waals surface area contributed by atoms with E-state index in [1.807, 2.05) is 0 Å². The van der Waals surface area contributed by atoms with Gasteiger partial charge in [-0.05, 0) is 26.2 Å². The number of allylic oxidation sites excluding steroid dienone is 1. The van der Waals surface area contributed by atoms with Crippen LogP contribution in [0.15, 0.2) is 11.6 Å². The van der Waals surface area contributed by atoms with Crippen LogP contribution in [0.4, 0.5) is 0 Å². The fourth-order valence-corrected chi connectivity index (χ4v) is 4.40. The number of likely N-dealkylation sites (tertiary alicyclic amines) is 1. The van der Waals surface area contributed by atoms with Crippen molar-refractivity contribution >= 4 is 11.8 Å². The van der Waals surface area contributed by atoms with Gasteiger partial charge in [0.25, 0.3) is 0 Å². The molecule has 0 spiro atoms. The Bertz CT molecular complexity index is 467. The molecule has 1 aliphatic rings. The highest BCUT2D eigenvalue weighted by Crippen LogP contribution is 2.24. The van der Waals surface area contributed by atoms with Gasteiger partial charge in [0, 0.05) is 12.8 Å². The maximum atomic E-state index is 12.1. The maximum absolute atomic E-state index is 12.1. The smallest absolute Gasteiger partial charge is 0.230 e. The van der Waals surface area contributed by atoms with Crippen LogP contribution in [0, 0.1) is 0 Å². The summed E-state index contributed by atoms with van der Waals surface area (Å²) in [4.78, 5) is 25.7. The van der Waals surface area contributed by atoms with Crippen molar-refractivity contribution in [3.63, 3.8) is 0 Å². The second-order valence-electron chi connectivity index (χ2n) is 8.94. The zero-order valence-electron chi connectivity index (χ0n) is 19.6. The number of hydrogen-bond donors (Lipinski definition) is 0. The maximum Gasteiger partial charge on any atom is 0.230 e. The van der Waals surface area contributed by atoms with E-state index in [0.717, 1.165) is 19.3 Å².